The number of hydrogen-bond acceptors (Lipinski definition) is 4. The van der Waals surface area contributed by atoms with E-state index in [1.54, 1.807) is 49.4 Å². The van der Waals surface area contributed by atoms with Crippen molar-refractivity contribution >= 4 is 49.9 Å². The number of hydrogen-bond donors (Lipinski definition) is 2. The van der Waals surface area contributed by atoms with Crippen molar-refractivity contribution in [3.8, 4) is 0 Å². The van der Waals surface area contributed by atoms with Gasteiger partial charge >= 0.3 is 0 Å². The van der Waals surface area contributed by atoms with Gasteiger partial charge in [0.1, 0.15) is 5.58 Å². The first-order valence-electron chi connectivity index (χ1n) is 9.02. The third-order valence-corrected chi connectivity index (χ3v) is 6.26. The Labute approximate surface area is 178 Å². The summed E-state index contributed by atoms with van der Waals surface area (Å²) < 4.78 is 33.6. The van der Waals surface area contributed by atoms with Crippen molar-refractivity contribution in [3.05, 3.63) is 89.1 Å². The number of benzene rings is 3. The minimum absolute atomic E-state index is 0.0125. The minimum Gasteiger partial charge on any atom is -0.451 e. The average Bonchev–Trinajstić information content (AvgIpc) is 3.07. The van der Waals surface area contributed by atoms with Gasteiger partial charge in [0.2, 0.25) is 0 Å². The Balaban J connectivity index is 1.59. The third kappa shape index (κ3) is 3.90. The number of carbonyl (C=O) groups is 1. The monoisotopic (exact) mass is 440 g/mol. The molecule has 2 N–H and O–H groups in total. The van der Waals surface area contributed by atoms with Crippen LogP contribution in [0, 0.1) is 6.92 Å². The second-order valence-electron chi connectivity index (χ2n) is 6.62. The van der Waals surface area contributed by atoms with Gasteiger partial charge in [-0.05, 0) is 43.3 Å². The molecule has 30 heavy (non-hydrogen) atoms. The first-order valence-corrected chi connectivity index (χ1v) is 10.9. The Morgan fingerprint density at radius 3 is 2.47 bits per heavy atom. The van der Waals surface area contributed by atoms with Crippen LogP contribution in [-0.2, 0) is 10.0 Å². The van der Waals surface area contributed by atoms with Crippen LogP contribution in [0.2, 0.25) is 5.02 Å². The van der Waals surface area contributed by atoms with Crippen molar-refractivity contribution in [1.29, 1.82) is 0 Å². The van der Waals surface area contributed by atoms with Crippen molar-refractivity contribution in [2.24, 2.45) is 0 Å². The lowest BCUT2D eigenvalue weighted by atomic mass is 10.1. The van der Waals surface area contributed by atoms with E-state index in [0.717, 1.165) is 5.39 Å². The number of nitrogens with one attached hydrogen (secondary N) is 2. The number of amides is 1. The molecule has 1 aromatic heterocycles. The van der Waals surface area contributed by atoms with Gasteiger partial charge < -0.3 is 9.73 Å². The van der Waals surface area contributed by atoms with Crippen molar-refractivity contribution < 1.29 is 17.6 Å². The van der Waals surface area contributed by atoms with Gasteiger partial charge in [-0.25, -0.2) is 8.42 Å². The van der Waals surface area contributed by atoms with Crippen molar-refractivity contribution in [2.75, 3.05) is 10.0 Å². The molecule has 0 saturated heterocycles. The highest BCUT2D eigenvalue weighted by molar-refractivity contribution is 7.92. The number of furan rings is 1. The summed E-state index contributed by atoms with van der Waals surface area (Å²) >= 11 is 6.04. The lowest BCUT2D eigenvalue weighted by Gasteiger charge is -2.11. The van der Waals surface area contributed by atoms with E-state index >= 15 is 0 Å². The fourth-order valence-corrected chi connectivity index (χ4v) is 4.43. The topological polar surface area (TPSA) is 88.4 Å². The second-order valence-corrected chi connectivity index (χ2v) is 8.71. The molecule has 0 atom stereocenters. The van der Waals surface area contributed by atoms with Crippen LogP contribution in [0.25, 0.3) is 11.0 Å². The summed E-state index contributed by atoms with van der Waals surface area (Å²) in [5, 5.41) is 3.83. The van der Waals surface area contributed by atoms with Gasteiger partial charge in [-0.15, -0.1) is 0 Å². The molecule has 152 valence electrons. The summed E-state index contributed by atoms with van der Waals surface area (Å²) in [5.74, 6) is -0.282. The van der Waals surface area contributed by atoms with E-state index in [4.69, 9.17) is 16.0 Å². The highest BCUT2D eigenvalue weighted by Crippen LogP contribution is 2.27. The van der Waals surface area contributed by atoms with Crippen LogP contribution in [0.3, 0.4) is 0 Å². The number of sulfonamides is 1. The molecular formula is C22H17ClN2O4S. The van der Waals surface area contributed by atoms with Crippen molar-refractivity contribution in [3.63, 3.8) is 0 Å². The highest BCUT2D eigenvalue weighted by atomic mass is 35.5. The maximum absolute atomic E-state index is 12.7. The van der Waals surface area contributed by atoms with Gasteiger partial charge in [-0.3, -0.25) is 9.52 Å². The van der Waals surface area contributed by atoms with Gasteiger partial charge in [0.15, 0.2) is 5.76 Å². The maximum atomic E-state index is 12.7. The van der Waals surface area contributed by atoms with E-state index in [1.807, 2.05) is 18.2 Å². The van der Waals surface area contributed by atoms with E-state index in [-0.39, 0.29) is 21.4 Å². The lowest BCUT2D eigenvalue weighted by Crippen LogP contribution is -2.15. The molecule has 0 aliphatic rings. The first kappa shape index (κ1) is 20.0. The Hall–Kier alpha value is -3.29. The summed E-state index contributed by atoms with van der Waals surface area (Å²) in [6.45, 7) is 1.80. The summed E-state index contributed by atoms with van der Waals surface area (Å²) in [4.78, 5) is 12.7. The molecule has 0 radical (unpaired) electrons. The molecule has 4 rings (SSSR count). The number of halogens is 1. The number of rotatable bonds is 5. The summed E-state index contributed by atoms with van der Waals surface area (Å²) in [6.07, 6.45) is 0. The molecule has 0 fully saturated rings. The Morgan fingerprint density at radius 1 is 0.967 bits per heavy atom. The van der Waals surface area contributed by atoms with Gasteiger partial charge in [0.05, 0.1) is 15.6 Å². The van der Waals surface area contributed by atoms with Crippen LogP contribution in [0.15, 0.2) is 82.1 Å². The van der Waals surface area contributed by atoms with Crippen LogP contribution in [-0.4, -0.2) is 14.3 Å². The molecule has 0 bridgehead atoms. The zero-order chi connectivity index (χ0) is 21.3. The molecule has 0 unspecified atom stereocenters. The van der Waals surface area contributed by atoms with Crippen LogP contribution in [0.4, 0.5) is 11.4 Å². The van der Waals surface area contributed by atoms with E-state index in [2.05, 4.69) is 10.0 Å². The number of fused-ring (bicyclic) bond motifs is 1. The Kier molecular flexibility index (Phi) is 5.24. The number of carbonyl (C=O) groups excluding carboxylic acids is 1. The zero-order valence-electron chi connectivity index (χ0n) is 15.8. The zero-order valence-corrected chi connectivity index (χ0v) is 17.4. The van der Waals surface area contributed by atoms with Gasteiger partial charge in [0, 0.05) is 16.6 Å². The Morgan fingerprint density at radius 2 is 1.70 bits per heavy atom. The predicted molar refractivity (Wildman–Crippen MR) is 118 cm³/mol. The molecule has 0 saturated carbocycles. The third-order valence-electron chi connectivity index (χ3n) is 4.57. The molecular weight excluding hydrogens is 424 g/mol. The van der Waals surface area contributed by atoms with Gasteiger partial charge in [0.25, 0.3) is 15.9 Å². The van der Waals surface area contributed by atoms with Crippen molar-refractivity contribution in [2.45, 2.75) is 11.8 Å². The van der Waals surface area contributed by atoms with E-state index < -0.39 is 15.9 Å². The smallest absolute Gasteiger partial charge is 0.291 e. The standard InChI is InChI=1S/C22H17ClN2O4S/c1-14-17-9-2-5-12-20(17)29-21(14)22(26)24-15-7-6-8-16(13-15)30(27,28)25-19-11-4-3-10-18(19)23/h2-13,25H,1H3,(H,24,26). The van der Waals surface area contributed by atoms with E-state index in [1.165, 1.54) is 12.1 Å². The molecule has 4 aromatic rings. The molecule has 0 spiro atoms. The molecule has 0 aliphatic carbocycles. The van der Waals surface area contributed by atoms with E-state index in [0.29, 0.717) is 16.8 Å². The molecule has 1 heterocycles. The fourth-order valence-electron chi connectivity index (χ4n) is 3.07. The summed E-state index contributed by atoms with van der Waals surface area (Å²) in [7, 11) is -3.90. The Bertz CT molecular complexity index is 1360. The molecule has 0 aliphatic heterocycles. The van der Waals surface area contributed by atoms with Crippen LogP contribution < -0.4 is 10.0 Å². The molecule has 6 nitrogen and oxygen atoms in total. The second kappa shape index (κ2) is 7.85. The lowest BCUT2D eigenvalue weighted by molar-refractivity contribution is 0.0998. The number of para-hydroxylation sites is 2. The quantitative estimate of drug-likeness (QED) is 0.432. The van der Waals surface area contributed by atoms with Crippen LogP contribution >= 0.6 is 11.6 Å². The van der Waals surface area contributed by atoms with Gasteiger partial charge in [-0.2, -0.15) is 0 Å². The SMILES string of the molecule is Cc1c(C(=O)Nc2cccc(S(=O)(=O)Nc3ccccc3Cl)c2)oc2ccccc12. The number of aryl methyl sites for hydroxylation is 1. The molecule has 1 amide bonds. The van der Waals surface area contributed by atoms with Crippen LogP contribution in [0.1, 0.15) is 16.1 Å². The fraction of sp³-hybridized carbons (Fsp3) is 0.0455. The highest BCUT2D eigenvalue weighted by Gasteiger charge is 2.20. The number of anilines is 2. The average molecular weight is 441 g/mol. The van der Waals surface area contributed by atoms with Gasteiger partial charge in [-0.1, -0.05) is 48.0 Å². The van der Waals surface area contributed by atoms with Crippen LogP contribution in [0.5, 0.6) is 0 Å². The maximum Gasteiger partial charge on any atom is 0.291 e. The predicted octanol–water partition coefficient (Wildman–Crippen LogP) is 5.45. The van der Waals surface area contributed by atoms with Crippen molar-refractivity contribution in [1.82, 2.24) is 0 Å². The van der Waals surface area contributed by atoms with E-state index in [9.17, 15) is 13.2 Å². The summed E-state index contributed by atoms with van der Waals surface area (Å²) in [5.41, 5.74) is 1.92. The largest absolute Gasteiger partial charge is 0.451 e. The summed E-state index contributed by atoms with van der Waals surface area (Å²) in [6, 6.07) is 19.8. The first-order chi connectivity index (χ1) is 14.3. The molecule has 8 heteroatoms. The molecule has 3 aromatic carbocycles. The minimum atomic E-state index is -3.90. The normalized spacial score (nSPS) is 11.4.